The highest BCUT2D eigenvalue weighted by molar-refractivity contribution is 7.47. The minimum Gasteiger partial charge on any atom is -0.462 e. The van der Waals surface area contributed by atoms with Gasteiger partial charge < -0.3 is 20.1 Å². The second-order valence-corrected chi connectivity index (χ2v) is 17.7. The Balaban J connectivity index is 4.10. The summed E-state index contributed by atoms with van der Waals surface area (Å²) in [5, 5.41) is 0. The number of rotatable bonds is 41. The van der Waals surface area contributed by atoms with E-state index in [2.05, 4.69) is 27.7 Å². The van der Waals surface area contributed by atoms with Crippen LogP contribution in [0.4, 0.5) is 0 Å². The van der Waals surface area contributed by atoms with Crippen LogP contribution in [0.1, 0.15) is 220 Å². The Bertz CT molecular complexity index is 871. The standard InChI is InChI=1S/C43H86NO8P/c1-39(2)31-27-23-19-15-11-7-5-9-13-17-21-25-29-33-42(45)49-37-41(38-51-53(47,48)50-36-35-44)52-43(46)34-30-26-22-18-14-10-6-8-12-16-20-24-28-32-40(3)4/h39-41H,5-38,44H2,1-4H3,(H,47,48). The summed E-state index contributed by atoms with van der Waals surface area (Å²) in [5.74, 6) is 0.837. The lowest BCUT2D eigenvalue weighted by molar-refractivity contribution is -0.161. The number of unbranched alkanes of at least 4 members (excludes halogenated alkanes) is 24. The number of carbonyl (C=O) groups excluding carboxylic acids is 2. The van der Waals surface area contributed by atoms with Crippen LogP contribution in [0.25, 0.3) is 0 Å². The average Bonchev–Trinajstić information content (AvgIpc) is 3.11. The summed E-state index contributed by atoms with van der Waals surface area (Å²) in [6, 6.07) is 0. The fourth-order valence-corrected chi connectivity index (χ4v) is 7.30. The van der Waals surface area contributed by atoms with Crippen LogP contribution in [0.3, 0.4) is 0 Å². The predicted octanol–water partition coefficient (Wildman–Crippen LogP) is 12.5. The molecule has 0 aromatic rings. The van der Waals surface area contributed by atoms with Gasteiger partial charge >= 0.3 is 19.8 Å². The van der Waals surface area contributed by atoms with E-state index in [1.165, 1.54) is 141 Å². The molecule has 0 aliphatic carbocycles. The Labute approximate surface area is 327 Å². The Morgan fingerprint density at radius 1 is 0.509 bits per heavy atom. The summed E-state index contributed by atoms with van der Waals surface area (Å²) in [7, 11) is -4.37. The van der Waals surface area contributed by atoms with E-state index in [-0.39, 0.29) is 38.6 Å². The molecule has 0 amide bonds. The third-order valence-electron chi connectivity index (χ3n) is 9.85. The zero-order valence-corrected chi connectivity index (χ0v) is 36.0. The predicted molar refractivity (Wildman–Crippen MR) is 220 cm³/mol. The summed E-state index contributed by atoms with van der Waals surface area (Å²) in [4.78, 5) is 34.9. The molecule has 10 heteroatoms. The minimum atomic E-state index is -4.37. The molecule has 0 aromatic carbocycles. The number of phosphoric acid groups is 1. The maximum Gasteiger partial charge on any atom is 0.472 e. The van der Waals surface area contributed by atoms with Gasteiger partial charge in [-0.3, -0.25) is 18.6 Å². The third kappa shape index (κ3) is 40.5. The topological polar surface area (TPSA) is 134 Å². The van der Waals surface area contributed by atoms with E-state index in [0.29, 0.717) is 6.42 Å². The van der Waals surface area contributed by atoms with E-state index in [4.69, 9.17) is 24.3 Å². The molecule has 9 nitrogen and oxygen atoms in total. The first-order chi connectivity index (χ1) is 25.6. The Morgan fingerprint density at radius 2 is 0.849 bits per heavy atom. The molecule has 2 atom stereocenters. The Kier molecular flexibility index (Phi) is 37.2. The zero-order valence-electron chi connectivity index (χ0n) is 35.1. The molecule has 0 spiro atoms. The van der Waals surface area contributed by atoms with Crippen LogP contribution in [-0.4, -0.2) is 49.3 Å². The lowest BCUT2D eigenvalue weighted by atomic mass is 10.0. The molecule has 0 radical (unpaired) electrons. The molecule has 0 aliphatic rings. The van der Waals surface area contributed by atoms with Crippen LogP contribution >= 0.6 is 7.82 Å². The Morgan fingerprint density at radius 3 is 1.21 bits per heavy atom. The molecule has 0 bridgehead atoms. The normalized spacial score (nSPS) is 13.4. The second-order valence-electron chi connectivity index (χ2n) is 16.2. The van der Waals surface area contributed by atoms with Gasteiger partial charge in [-0.25, -0.2) is 4.57 Å². The maximum absolute atomic E-state index is 12.6. The quantitative estimate of drug-likeness (QED) is 0.0353. The number of hydrogen-bond acceptors (Lipinski definition) is 8. The van der Waals surface area contributed by atoms with Crippen molar-refractivity contribution in [3.63, 3.8) is 0 Å². The SMILES string of the molecule is CC(C)CCCCCCCCCCCCCCCC(=O)OCC(COP(=O)(O)OCCN)OC(=O)CCCCCCCCCCCCCCCC(C)C. The number of esters is 2. The fourth-order valence-electron chi connectivity index (χ4n) is 6.53. The van der Waals surface area contributed by atoms with Gasteiger partial charge in [0, 0.05) is 19.4 Å². The summed E-state index contributed by atoms with van der Waals surface area (Å²) < 4.78 is 32.8. The van der Waals surface area contributed by atoms with E-state index in [1.807, 2.05) is 0 Å². The monoisotopic (exact) mass is 776 g/mol. The highest BCUT2D eigenvalue weighted by Crippen LogP contribution is 2.43. The molecular formula is C43H86NO8P. The molecule has 0 saturated heterocycles. The van der Waals surface area contributed by atoms with Gasteiger partial charge in [0.1, 0.15) is 6.61 Å². The Hall–Kier alpha value is -0.990. The van der Waals surface area contributed by atoms with Crippen molar-refractivity contribution in [1.29, 1.82) is 0 Å². The first kappa shape index (κ1) is 52.0. The lowest BCUT2D eigenvalue weighted by Gasteiger charge is -2.19. The van der Waals surface area contributed by atoms with E-state index in [0.717, 1.165) is 43.9 Å². The van der Waals surface area contributed by atoms with Crippen molar-refractivity contribution in [3.8, 4) is 0 Å². The first-order valence-electron chi connectivity index (χ1n) is 22.2. The number of hydrogen-bond donors (Lipinski definition) is 2. The van der Waals surface area contributed by atoms with Gasteiger partial charge in [0.25, 0.3) is 0 Å². The van der Waals surface area contributed by atoms with Crippen LogP contribution in [0.15, 0.2) is 0 Å². The van der Waals surface area contributed by atoms with Gasteiger partial charge in [-0.05, 0) is 24.7 Å². The number of carbonyl (C=O) groups is 2. The summed E-state index contributed by atoms with van der Waals surface area (Å²) in [6.07, 6.45) is 34.2. The maximum atomic E-state index is 12.6. The molecule has 0 aliphatic heterocycles. The van der Waals surface area contributed by atoms with E-state index < -0.39 is 26.5 Å². The van der Waals surface area contributed by atoms with Crippen LogP contribution < -0.4 is 5.73 Å². The van der Waals surface area contributed by atoms with Gasteiger partial charge in [0.05, 0.1) is 13.2 Å². The molecule has 3 N–H and O–H groups in total. The van der Waals surface area contributed by atoms with Gasteiger partial charge in [-0.1, -0.05) is 195 Å². The van der Waals surface area contributed by atoms with Gasteiger partial charge in [-0.2, -0.15) is 0 Å². The largest absolute Gasteiger partial charge is 0.472 e. The average molecular weight is 776 g/mol. The molecule has 0 aromatic heterocycles. The molecule has 2 unspecified atom stereocenters. The molecule has 316 valence electrons. The van der Waals surface area contributed by atoms with Crippen molar-refractivity contribution in [3.05, 3.63) is 0 Å². The second kappa shape index (κ2) is 37.9. The molecular weight excluding hydrogens is 689 g/mol. The van der Waals surface area contributed by atoms with Gasteiger partial charge in [0.2, 0.25) is 0 Å². The van der Waals surface area contributed by atoms with Gasteiger partial charge in [-0.15, -0.1) is 0 Å². The summed E-state index contributed by atoms with van der Waals surface area (Å²) >= 11 is 0. The number of ether oxygens (including phenoxy) is 2. The van der Waals surface area contributed by atoms with Crippen LogP contribution in [0.5, 0.6) is 0 Å². The van der Waals surface area contributed by atoms with Crippen molar-refractivity contribution in [2.24, 2.45) is 17.6 Å². The van der Waals surface area contributed by atoms with Crippen molar-refractivity contribution < 1.29 is 37.6 Å². The molecule has 53 heavy (non-hydrogen) atoms. The van der Waals surface area contributed by atoms with Crippen molar-refractivity contribution >= 4 is 19.8 Å². The van der Waals surface area contributed by atoms with Crippen molar-refractivity contribution in [2.45, 2.75) is 226 Å². The third-order valence-corrected chi connectivity index (χ3v) is 10.8. The molecule has 0 heterocycles. The lowest BCUT2D eigenvalue weighted by Crippen LogP contribution is -2.29. The van der Waals surface area contributed by atoms with Crippen LogP contribution in [-0.2, 0) is 32.7 Å². The molecule has 0 fully saturated rings. The molecule has 0 rings (SSSR count). The smallest absolute Gasteiger partial charge is 0.462 e. The van der Waals surface area contributed by atoms with Crippen molar-refractivity contribution in [2.75, 3.05) is 26.4 Å². The van der Waals surface area contributed by atoms with Crippen molar-refractivity contribution in [1.82, 2.24) is 0 Å². The van der Waals surface area contributed by atoms with Gasteiger partial charge in [0.15, 0.2) is 6.10 Å². The highest BCUT2D eigenvalue weighted by atomic mass is 31.2. The van der Waals surface area contributed by atoms with E-state index in [9.17, 15) is 19.0 Å². The summed E-state index contributed by atoms with van der Waals surface area (Å²) in [6.45, 7) is 8.45. The van der Waals surface area contributed by atoms with Crippen LogP contribution in [0, 0.1) is 11.8 Å². The van der Waals surface area contributed by atoms with E-state index >= 15 is 0 Å². The van der Waals surface area contributed by atoms with Crippen LogP contribution in [0.2, 0.25) is 0 Å². The number of nitrogens with two attached hydrogens (primary N) is 1. The zero-order chi connectivity index (χ0) is 39.3. The van der Waals surface area contributed by atoms with E-state index in [1.54, 1.807) is 0 Å². The molecule has 0 saturated carbocycles. The minimum absolute atomic E-state index is 0.0571. The number of phosphoric ester groups is 1. The highest BCUT2D eigenvalue weighted by Gasteiger charge is 2.26. The fraction of sp³-hybridized carbons (Fsp3) is 0.953. The summed E-state index contributed by atoms with van der Waals surface area (Å²) in [5.41, 5.74) is 5.35. The first-order valence-corrected chi connectivity index (χ1v) is 23.7.